The Kier molecular flexibility index (Phi) is 10.1. The number of hydrogen-bond donors (Lipinski definition) is 3. The normalized spacial score (nSPS) is 11.0. The summed E-state index contributed by atoms with van der Waals surface area (Å²) in [7, 11) is 0. The largest absolute Gasteiger partial charge is 0.325 e. The minimum absolute atomic E-state index is 0.103. The fraction of sp³-hybridized carbons (Fsp3) is 0.121. The number of carbonyl (C=O) groups excluding carboxylic acids is 3. The average molecular weight is 568 g/mol. The molecule has 4 aromatic rings. The van der Waals surface area contributed by atoms with Gasteiger partial charge in [-0.15, -0.1) is 11.8 Å². The maximum absolute atomic E-state index is 14.3. The molecule has 41 heavy (non-hydrogen) atoms. The monoisotopic (exact) mass is 567 g/mol. The van der Waals surface area contributed by atoms with Crippen LogP contribution in [-0.4, -0.2) is 23.5 Å². The van der Waals surface area contributed by atoms with Crippen LogP contribution in [0.25, 0.3) is 6.08 Å². The zero-order valence-electron chi connectivity index (χ0n) is 22.7. The van der Waals surface area contributed by atoms with Crippen molar-refractivity contribution in [2.24, 2.45) is 0 Å². The molecule has 0 radical (unpaired) electrons. The first-order valence-electron chi connectivity index (χ1n) is 13.1. The molecule has 0 aliphatic rings. The molecule has 208 valence electrons. The molecule has 3 N–H and O–H groups in total. The zero-order valence-corrected chi connectivity index (χ0v) is 23.6. The van der Waals surface area contributed by atoms with Gasteiger partial charge in [-0.1, -0.05) is 61.5 Å². The molecule has 0 saturated heterocycles. The Hall–Kier alpha value is -4.69. The zero-order chi connectivity index (χ0) is 29.2. The van der Waals surface area contributed by atoms with Gasteiger partial charge in [0.2, 0.25) is 5.91 Å². The number of anilines is 2. The van der Waals surface area contributed by atoms with Crippen molar-refractivity contribution in [2.75, 3.05) is 16.4 Å². The van der Waals surface area contributed by atoms with Crippen LogP contribution in [0.3, 0.4) is 0 Å². The van der Waals surface area contributed by atoms with Gasteiger partial charge in [-0.25, -0.2) is 4.39 Å². The predicted molar refractivity (Wildman–Crippen MR) is 163 cm³/mol. The van der Waals surface area contributed by atoms with Crippen molar-refractivity contribution in [3.05, 3.63) is 131 Å². The van der Waals surface area contributed by atoms with E-state index in [2.05, 4.69) is 22.9 Å². The number of halogens is 1. The minimum Gasteiger partial charge on any atom is -0.325 e. The molecule has 8 heteroatoms. The lowest BCUT2D eigenvalue weighted by Gasteiger charge is -2.13. The van der Waals surface area contributed by atoms with E-state index in [9.17, 15) is 18.8 Å². The van der Waals surface area contributed by atoms with Crippen LogP contribution in [-0.2, 0) is 16.0 Å². The quantitative estimate of drug-likeness (QED) is 0.145. The first-order chi connectivity index (χ1) is 19.8. The van der Waals surface area contributed by atoms with Gasteiger partial charge in [0.15, 0.2) is 0 Å². The molecule has 0 aromatic heterocycles. The maximum Gasteiger partial charge on any atom is 0.272 e. The molecule has 0 aliphatic carbocycles. The van der Waals surface area contributed by atoms with E-state index in [1.165, 1.54) is 30.0 Å². The van der Waals surface area contributed by atoms with Gasteiger partial charge < -0.3 is 16.0 Å². The van der Waals surface area contributed by atoms with Crippen LogP contribution in [0.15, 0.2) is 108 Å². The highest BCUT2D eigenvalue weighted by atomic mass is 32.2. The second-order valence-electron chi connectivity index (χ2n) is 9.18. The van der Waals surface area contributed by atoms with Crippen molar-refractivity contribution >= 4 is 46.9 Å². The third kappa shape index (κ3) is 8.16. The lowest BCUT2D eigenvalue weighted by Crippen LogP contribution is -2.30. The van der Waals surface area contributed by atoms with Crippen LogP contribution >= 0.6 is 11.8 Å². The van der Waals surface area contributed by atoms with Crippen LogP contribution < -0.4 is 16.0 Å². The summed E-state index contributed by atoms with van der Waals surface area (Å²) in [6.07, 6.45) is 2.12. The van der Waals surface area contributed by atoms with E-state index in [-0.39, 0.29) is 22.9 Å². The second kappa shape index (κ2) is 14.1. The first-order valence-corrected chi connectivity index (χ1v) is 14.1. The fourth-order valence-corrected chi connectivity index (χ4v) is 4.75. The van der Waals surface area contributed by atoms with Gasteiger partial charge in [-0.05, 0) is 73.0 Å². The molecule has 0 saturated carbocycles. The van der Waals surface area contributed by atoms with Gasteiger partial charge in [0.05, 0.1) is 5.75 Å². The Labute approximate surface area is 243 Å². The highest BCUT2D eigenvalue weighted by Crippen LogP contribution is 2.24. The van der Waals surface area contributed by atoms with Gasteiger partial charge in [0.1, 0.15) is 11.5 Å². The molecular weight excluding hydrogens is 537 g/mol. The molecule has 0 aliphatic heterocycles. The SMILES string of the molecule is CCc1cccc(C)c1NC(=O)CSc1ccc(NC(=O)/C(=C/c2ccccc2F)NC(=O)c2ccccc2)cc1. The third-order valence-electron chi connectivity index (χ3n) is 6.22. The summed E-state index contributed by atoms with van der Waals surface area (Å²) >= 11 is 1.38. The first kappa shape index (κ1) is 29.3. The molecule has 3 amide bonds. The Morgan fingerprint density at radius 3 is 2.24 bits per heavy atom. The van der Waals surface area contributed by atoms with Crippen molar-refractivity contribution < 1.29 is 18.8 Å². The van der Waals surface area contributed by atoms with Crippen molar-refractivity contribution in [3.8, 4) is 0 Å². The topological polar surface area (TPSA) is 87.3 Å². The molecule has 0 fully saturated rings. The van der Waals surface area contributed by atoms with E-state index >= 15 is 0 Å². The van der Waals surface area contributed by atoms with Crippen molar-refractivity contribution in [2.45, 2.75) is 25.2 Å². The van der Waals surface area contributed by atoms with Gasteiger partial charge in [-0.2, -0.15) is 0 Å². The molecule has 0 atom stereocenters. The summed E-state index contributed by atoms with van der Waals surface area (Å²) in [6.45, 7) is 4.02. The molecule has 0 heterocycles. The molecule has 6 nitrogen and oxygen atoms in total. The molecule has 0 unspecified atom stereocenters. The van der Waals surface area contributed by atoms with Gasteiger partial charge >= 0.3 is 0 Å². The second-order valence-corrected chi connectivity index (χ2v) is 10.2. The Morgan fingerprint density at radius 2 is 1.54 bits per heavy atom. The van der Waals surface area contributed by atoms with Crippen LogP contribution in [0, 0.1) is 12.7 Å². The van der Waals surface area contributed by atoms with Crippen LogP contribution in [0.1, 0.15) is 34.0 Å². The summed E-state index contributed by atoms with van der Waals surface area (Å²) < 4.78 is 14.3. The number of amides is 3. The molecule has 0 spiro atoms. The van der Waals surface area contributed by atoms with Gasteiger partial charge in [-0.3, -0.25) is 14.4 Å². The van der Waals surface area contributed by atoms with E-state index in [4.69, 9.17) is 0 Å². The summed E-state index contributed by atoms with van der Waals surface area (Å²) in [4.78, 5) is 39.4. The van der Waals surface area contributed by atoms with Crippen molar-refractivity contribution in [1.29, 1.82) is 0 Å². The Morgan fingerprint density at radius 1 is 0.829 bits per heavy atom. The predicted octanol–water partition coefficient (Wildman–Crippen LogP) is 6.84. The summed E-state index contributed by atoms with van der Waals surface area (Å²) in [5, 5.41) is 8.37. The molecule has 4 rings (SSSR count). The Bertz CT molecular complexity index is 1570. The van der Waals surface area contributed by atoms with Gasteiger partial charge in [0.25, 0.3) is 11.8 Å². The number of aryl methyl sites for hydroxylation is 2. The van der Waals surface area contributed by atoms with Gasteiger partial charge in [0, 0.05) is 27.4 Å². The number of nitrogens with one attached hydrogen (secondary N) is 3. The lowest BCUT2D eigenvalue weighted by atomic mass is 10.1. The summed E-state index contributed by atoms with van der Waals surface area (Å²) in [6, 6.07) is 27.4. The van der Waals surface area contributed by atoms with Crippen LogP contribution in [0.5, 0.6) is 0 Å². The smallest absolute Gasteiger partial charge is 0.272 e. The molecular formula is C33H30FN3O3S. The summed E-state index contributed by atoms with van der Waals surface area (Å²) in [5.74, 6) is -1.50. The highest BCUT2D eigenvalue weighted by Gasteiger charge is 2.16. The number of thioether (sulfide) groups is 1. The summed E-state index contributed by atoms with van der Waals surface area (Å²) in [5.41, 5.74) is 3.85. The van der Waals surface area contributed by atoms with E-state index in [0.29, 0.717) is 11.3 Å². The standard InChI is InChI=1S/C33H30FN3O3S/c1-3-23-14-9-10-22(2)31(23)37-30(38)21-41-27-18-16-26(17-19-27)35-33(40)29(20-25-13-7-8-15-28(25)34)36-32(39)24-11-5-4-6-12-24/h4-20H,3,21H2,1-2H3,(H,35,40)(H,36,39)(H,37,38)/b29-20-. The third-order valence-corrected chi connectivity index (χ3v) is 7.23. The van der Waals surface area contributed by atoms with Crippen molar-refractivity contribution in [3.63, 3.8) is 0 Å². The number of rotatable bonds is 10. The fourth-order valence-electron chi connectivity index (χ4n) is 4.05. The minimum atomic E-state index is -0.609. The average Bonchev–Trinajstić information content (AvgIpc) is 2.99. The number of carbonyl (C=O) groups is 3. The van der Waals surface area contributed by atoms with E-state index in [0.717, 1.165) is 28.1 Å². The number of benzene rings is 4. The molecule has 0 bridgehead atoms. The number of para-hydroxylation sites is 1. The maximum atomic E-state index is 14.3. The molecule has 4 aromatic carbocycles. The van der Waals surface area contributed by atoms with E-state index in [1.807, 2.05) is 25.1 Å². The highest BCUT2D eigenvalue weighted by molar-refractivity contribution is 8.00. The van der Waals surface area contributed by atoms with Crippen LogP contribution in [0.2, 0.25) is 0 Å². The Balaban J connectivity index is 1.41. The number of hydrogen-bond acceptors (Lipinski definition) is 4. The van der Waals surface area contributed by atoms with E-state index < -0.39 is 17.6 Å². The van der Waals surface area contributed by atoms with Crippen LogP contribution in [0.4, 0.5) is 15.8 Å². The van der Waals surface area contributed by atoms with Crippen molar-refractivity contribution in [1.82, 2.24) is 5.32 Å². The van der Waals surface area contributed by atoms with E-state index in [1.54, 1.807) is 66.7 Å². The lowest BCUT2D eigenvalue weighted by molar-refractivity contribution is -0.114.